The number of ether oxygens (including phenoxy) is 3. The largest absolute Gasteiger partial charge is 0.490 e. The molecule has 0 saturated heterocycles. The Labute approximate surface area is 215 Å². The lowest BCUT2D eigenvalue weighted by Gasteiger charge is -2.15. The van der Waals surface area contributed by atoms with Crippen molar-refractivity contribution in [3.8, 4) is 11.5 Å². The Morgan fingerprint density at radius 2 is 1.91 bits per heavy atom. The zero-order valence-corrected chi connectivity index (χ0v) is 22.8. The van der Waals surface area contributed by atoms with Crippen LogP contribution >= 0.6 is 47.8 Å². The van der Waals surface area contributed by atoms with Crippen molar-refractivity contribution in [2.75, 3.05) is 20.3 Å². The Kier molecular flexibility index (Phi) is 8.66. The molecule has 3 aromatic rings. The highest BCUT2D eigenvalue weighted by Crippen LogP contribution is 2.42. The molecule has 3 rings (SSSR count). The van der Waals surface area contributed by atoms with E-state index in [4.69, 9.17) is 9.47 Å². The van der Waals surface area contributed by atoms with Crippen LogP contribution in [-0.4, -0.2) is 42.2 Å². The summed E-state index contributed by atoms with van der Waals surface area (Å²) >= 11 is 10.4. The molecular formula is C22H20Br3N3O5. The molecule has 33 heavy (non-hydrogen) atoms. The molecule has 0 aliphatic heterocycles. The van der Waals surface area contributed by atoms with E-state index >= 15 is 0 Å². The van der Waals surface area contributed by atoms with Gasteiger partial charge in [0.15, 0.2) is 18.1 Å². The predicted octanol–water partition coefficient (Wildman–Crippen LogP) is 5.08. The van der Waals surface area contributed by atoms with E-state index in [1.165, 1.54) is 18.0 Å². The first-order valence-corrected chi connectivity index (χ1v) is 12.3. The molecule has 0 spiro atoms. The van der Waals surface area contributed by atoms with Crippen LogP contribution in [0.2, 0.25) is 0 Å². The third-order valence-electron chi connectivity index (χ3n) is 4.52. The van der Waals surface area contributed by atoms with Crippen LogP contribution in [0, 0.1) is 0 Å². The molecule has 0 fully saturated rings. The Morgan fingerprint density at radius 3 is 2.58 bits per heavy atom. The number of carbonyl (C=O) groups excluding carboxylic acids is 1. The molecule has 0 atom stereocenters. The molecule has 0 amide bonds. The minimum atomic E-state index is -0.520. The van der Waals surface area contributed by atoms with Gasteiger partial charge in [0.2, 0.25) is 0 Å². The molecule has 0 N–H and O–H groups in total. The molecule has 0 unspecified atom stereocenters. The summed E-state index contributed by atoms with van der Waals surface area (Å²) in [6.07, 6.45) is 2.06. The second-order valence-corrected chi connectivity index (χ2v) is 9.13. The molecule has 1 heterocycles. The number of halogens is 3. The lowest BCUT2D eigenvalue weighted by molar-refractivity contribution is -0.142. The number of rotatable bonds is 8. The van der Waals surface area contributed by atoms with Crippen molar-refractivity contribution >= 4 is 70.9 Å². The van der Waals surface area contributed by atoms with Crippen molar-refractivity contribution in [2.45, 2.75) is 20.3 Å². The average molecular weight is 646 g/mol. The number of benzene rings is 2. The molecule has 0 aliphatic rings. The molecule has 0 radical (unpaired) electrons. The highest BCUT2D eigenvalue weighted by molar-refractivity contribution is 9.13. The summed E-state index contributed by atoms with van der Waals surface area (Å²) in [6, 6.07) is 7.07. The molecular weight excluding hydrogens is 626 g/mol. The van der Waals surface area contributed by atoms with Gasteiger partial charge < -0.3 is 14.2 Å². The standard InChI is InChI=1S/C22H20Br3N3O5/c1-4-17-27-15-7-6-13(23)9-14(15)22(30)28(17)26-10-12-8-16(32-5-2)21(20(25)19(12)24)33-11-18(29)31-3/h6-10H,4-5,11H2,1-3H3. The molecule has 8 nitrogen and oxygen atoms in total. The summed E-state index contributed by atoms with van der Waals surface area (Å²) in [7, 11) is 1.28. The number of aryl methyl sites for hydroxylation is 1. The first kappa shape index (κ1) is 25.4. The van der Waals surface area contributed by atoms with Gasteiger partial charge in [0, 0.05) is 20.9 Å². The molecule has 1 aromatic heterocycles. The Bertz CT molecular complexity index is 1290. The van der Waals surface area contributed by atoms with E-state index in [9.17, 15) is 9.59 Å². The van der Waals surface area contributed by atoms with Crippen LogP contribution in [-0.2, 0) is 16.0 Å². The number of hydrogen-bond acceptors (Lipinski definition) is 7. The second-order valence-electron chi connectivity index (χ2n) is 6.62. The average Bonchev–Trinajstić information content (AvgIpc) is 2.81. The topological polar surface area (TPSA) is 92.0 Å². The number of fused-ring (bicyclic) bond motifs is 1. The van der Waals surface area contributed by atoms with Crippen molar-refractivity contribution < 1.29 is 19.0 Å². The van der Waals surface area contributed by atoms with Gasteiger partial charge in [-0.1, -0.05) is 22.9 Å². The van der Waals surface area contributed by atoms with E-state index in [0.29, 0.717) is 55.8 Å². The van der Waals surface area contributed by atoms with Gasteiger partial charge in [0.25, 0.3) is 5.56 Å². The van der Waals surface area contributed by atoms with Gasteiger partial charge in [-0.25, -0.2) is 9.78 Å². The summed E-state index contributed by atoms with van der Waals surface area (Å²) in [6.45, 7) is 3.84. The van der Waals surface area contributed by atoms with Crippen LogP contribution in [0.1, 0.15) is 25.2 Å². The maximum absolute atomic E-state index is 13.1. The first-order valence-electron chi connectivity index (χ1n) is 9.90. The van der Waals surface area contributed by atoms with Crippen molar-refractivity contribution in [1.82, 2.24) is 9.66 Å². The SMILES string of the molecule is CCOc1cc(C=Nn2c(CC)nc3ccc(Br)cc3c2=O)c(Br)c(Br)c1OCC(=O)OC. The third-order valence-corrected chi connectivity index (χ3v) is 7.16. The zero-order valence-electron chi connectivity index (χ0n) is 18.0. The molecule has 11 heteroatoms. The van der Waals surface area contributed by atoms with Crippen molar-refractivity contribution in [3.63, 3.8) is 0 Å². The Hall–Kier alpha value is -2.24. The quantitative estimate of drug-likeness (QED) is 0.251. The fraction of sp³-hybridized carbons (Fsp3) is 0.273. The fourth-order valence-corrected chi connectivity index (χ4v) is 4.25. The summed E-state index contributed by atoms with van der Waals surface area (Å²) in [5.41, 5.74) is 0.966. The number of esters is 1. The van der Waals surface area contributed by atoms with Crippen molar-refractivity contribution in [1.29, 1.82) is 0 Å². The number of nitrogens with zero attached hydrogens (tertiary/aromatic N) is 3. The van der Waals surface area contributed by atoms with Crippen LogP contribution in [0.25, 0.3) is 10.9 Å². The van der Waals surface area contributed by atoms with Crippen LogP contribution in [0.15, 0.2) is 47.6 Å². The highest BCUT2D eigenvalue weighted by Gasteiger charge is 2.18. The lowest BCUT2D eigenvalue weighted by Crippen LogP contribution is -2.22. The first-order chi connectivity index (χ1) is 15.8. The van der Waals surface area contributed by atoms with Gasteiger partial charge in [-0.3, -0.25) is 4.79 Å². The number of carbonyl (C=O) groups is 1. The fourth-order valence-electron chi connectivity index (χ4n) is 2.95. The van der Waals surface area contributed by atoms with Crippen LogP contribution in [0.3, 0.4) is 0 Å². The van der Waals surface area contributed by atoms with Crippen molar-refractivity contribution in [3.05, 3.63) is 59.4 Å². The maximum Gasteiger partial charge on any atom is 0.343 e. The Balaban J connectivity index is 2.08. The van der Waals surface area contributed by atoms with E-state index in [2.05, 4.69) is 62.6 Å². The van der Waals surface area contributed by atoms with Gasteiger partial charge >= 0.3 is 5.97 Å². The molecule has 0 aliphatic carbocycles. The van der Waals surface area contributed by atoms with Crippen molar-refractivity contribution in [2.24, 2.45) is 5.10 Å². The second kappa shape index (κ2) is 11.3. The summed E-state index contributed by atoms with van der Waals surface area (Å²) < 4.78 is 19.1. The van der Waals surface area contributed by atoms with E-state index in [-0.39, 0.29) is 12.2 Å². The number of hydrogen-bond donors (Lipinski definition) is 0. The van der Waals surface area contributed by atoms with E-state index in [0.717, 1.165) is 4.47 Å². The maximum atomic E-state index is 13.1. The van der Waals surface area contributed by atoms with Crippen LogP contribution in [0.4, 0.5) is 0 Å². The van der Waals surface area contributed by atoms with Crippen LogP contribution < -0.4 is 15.0 Å². The highest BCUT2D eigenvalue weighted by atomic mass is 79.9. The Morgan fingerprint density at radius 1 is 1.15 bits per heavy atom. The minimum Gasteiger partial charge on any atom is -0.490 e. The smallest absolute Gasteiger partial charge is 0.343 e. The van der Waals surface area contributed by atoms with Gasteiger partial charge in [-0.05, 0) is 63.0 Å². The van der Waals surface area contributed by atoms with Gasteiger partial charge in [-0.15, -0.1) is 0 Å². The van der Waals surface area contributed by atoms with E-state index in [1.807, 2.05) is 19.9 Å². The summed E-state index contributed by atoms with van der Waals surface area (Å²) in [5, 5.41) is 4.89. The van der Waals surface area contributed by atoms with E-state index in [1.54, 1.807) is 18.2 Å². The minimum absolute atomic E-state index is 0.271. The molecule has 0 bridgehead atoms. The normalized spacial score (nSPS) is 11.2. The predicted molar refractivity (Wildman–Crippen MR) is 137 cm³/mol. The van der Waals surface area contributed by atoms with Gasteiger partial charge in [-0.2, -0.15) is 9.78 Å². The lowest BCUT2D eigenvalue weighted by atomic mass is 10.2. The van der Waals surface area contributed by atoms with Gasteiger partial charge in [0.1, 0.15) is 5.82 Å². The van der Waals surface area contributed by atoms with E-state index < -0.39 is 5.97 Å². The molecule has 0 saturated carbocycles. The number of aromatic nitrogens is 2. The zero-order chi connectivity index (χ0) is 24.1. The van der Waals surface area contributed by atoms with Crippen LogP contribution in [0.5, 0.6) is 11.5 Å². The summed E-state index contributed by atoms with van der Waals surface area (Å²) in [5.74, 6) is 0.758. The summed E-state index contributed by atoms with van der Waals surface area (Å²) in [4.78, 5) is 29.2. The number of methoxy groups -OCH3 is 1. The van der Waals surface area contributed by atoms with Gasteiger partial charge in [0.05, 0.1) is 35.3 Å². The third kappa shape index (κ3) is 5.64. The molecule has 174 valence electrons. The monoisotopic (exact) mass is 643 g/mol. The molecule has 2 aromatic carbocycles.